The van der Waals surface area contributed by atoms with Gasteiger partial charge < -0.3 is 5.32 Å². The van der Waals surface area contributed by atoms with Crippen LogP contribution in [0.2, 0.25) is 5.02 Å². The van der Waals surface area contributed by atoms with Gasteiger partial charge >= 0.3 is 0 Å². The lowest BCUT2D eigenvalue weighted by molar-refractivity contribution is 1.08. The van der Waals surface area contributed by atoms with Crippen molar-refractivity contribution in [3.8, 4) is 0 Å². The van der Waals surface area contributed by atoms with E-state index in [-0.39, 0.29) is 5.96 Å². The van der Waals surface area contributed by atoms with Gasteiger partial charge in [0.2, 0.25) is 0 Å². The topological polar surface area (TPSA) is 52.0 Å². The van der Waals surface area contributed by atoms with Crippen LogP contribution < -0.4 is 10.2 Å². The Bertz CT molecular complexity index is 886. The van der Waals surface area contributed by atoms with Crippen molar-refractivity contribution in [3.63, 3.8) is 0 Å². The van der Waals surface area contributed by atoms with Gasteiger partial charge in [-0.1, -0.05) is 42.8 Å². The van der Waals surface area contributed by atoms with Crippen LogP contribution >= 0.6 is 11.6 Å². The molecule has 0 spiro atoms. The Hall–Kier alpha value is -2.59. The third kappa shape index (κ3) is 2.93. The monoisotopic (exact) mass is 338 g/mol. The van der Waals surface area contributed by atoms with E-state index in [2.05, 4.69) is 17.2 Å². The summed E-state index contributed by atoms with van der Waals surface area (Å²) in [5.74, 6) is 0.239. The standard InChI is InChI=1S/C19H19ClN4/c1-3-13-9-10-15(20)17(12-13)24(19(21)22-2)16-8-4-6-14-7-5-11-23-18(14)16/h4-12H,3H2,1-2H3,(H2,21,22). The van der Waals surface area contributed by atoms with Crippen LogP contribution in [-0.4, -0.2) is 18.0 Å². The van der Waals surface area contributed by atoms with E-state index < -0.39 is 0 Å². The maximum Gasteiger partial charge on any atom is 0.200 e. The van der Waals surface area contributed by atoms with Gasteiger partial charge in [-0.15, -0.1) is 0 Å². The number of nitrogens with one attached hydrogen (secondary N) is 2. The molecule has 5 heteroatoms. The van der Waals surface area contributed by atoms with Crippen LogP contribution in [0.1, 0.15) is 12.5 Å². The van der Waals surface area contributed by atoms with E-state index in [1.807, 2.05) is 48.5 Å². The molecule has 0 atom stereocenters. The third-order valence-corrected chi connectivity index (χ3v) is 4.29. The quantitative estimate of drug-likeness (QED) is 0.535. The fraction of sp³-hybridized carbons (Fsp3) is 0.158. The van der Waals surface area contributed by atoms with Crippen molar-refractivity contribution in [2.75, 3.05) is 11.9 Å². The Morgan fingerprint density at radius 1 is 1.17 bits per heavy atom. The molecule has 0 unspecified atom stereocenters. The number of guanidine groups is 1. The van der Waals surface area contributed by atoms with Gasteiger partial charge in [-0.2, -0.15) is 0 Å². The SMILES string of the molecule is CCc1ccc(Cl)c(N(C(=N)NC)c2cccc3cccnc23)c1. The molecule has 1 aromatic heterocycles. The first kappa shape index (κ1) is 16.3. The maximum atomic E-state index is 8.40. The lowest BCUT2D eigenvalue weighted by Crippen LogP contribution is -2.35. The molecule has 0 aliphatic carbocycles. The summed E-state index contributed by atoms with van der Waals surface area (Å²) in [7, 11) is 1.73. The zero-order chi connectivity index (χ0) is 17.1. The van der Waals surface area contributed by atoms with Crippen LogP contribution in [0.4, 0.5) is 11.4 Å². The smallest absolute Gasteiger partial charge is 0.200 e. The summed E-state index contributed by atoms with van der Waals surface area (Å²) < 4.78 is 0. The third-order valence-electron chi connectivity index (χ3n) is 3.97. The molecule has 0 aliphatic rings. The van der Waals surface area contributed by atoms with E-state index >= 15 is 0 Å². The molecule has 1 heterocycles. The second kappa shape index (κ2) is 6.89. The van der Waals surface area contributed by atoms with E-state index in [0.717, 1.165) is 34.3 Å². The summed E-state index contributed by atoms with van der Waals surface area (Å²) in [6.45, 7) is 2.10. The number of hydrogen-bond donors (Lipinski definition) is 2. The predicted octanol–water partition coefficient (Wildman–Crippen LogP) is 4.74. The zero-order valence-corrected chi connectivity index (χ0v) is 14.4. The number of para-hydroxylation sites is 1. The summed E-state index contributed by atoms with van der Waals surface area (Å²) in [5.41, 5.74) is 3.59. The summed E-state index contributed by atoms with van der Waals surface area (Å²) in [6, 6.07) is 15.8. The second-order valence-corrected chi connectivity index (χ2v) is 5.83. The van der Waals surface area contributed by atoms with Crippen molar-refractivity contribution in [2.45, 2.75) is 13.3 Å². The first-order chi connectivity index (χ1) is 11.7. The number of benzene rings is 2. The lowest BCUT2D eigenvalue weighted by Gasteiger charge is -2.27. The van der Waals surface area contributed by atoms with Crippen molar-refractivity contribution in [3.05, 3.63) is 65.3 Å². The summed E-state index contributed by atoms with van der Waals surface area (Å²) >= 11 is 6.46. The average molecular weight is 339 g/mol. The number of rotatable bonds is 3. The molecule has 24 heavy (non-hydrogen) atoms. The molecule has 0 radical (unpaired) electrons. The van der Waals surface area contributed by atoms with E-state index in [0.29, 0.717) is 5.02 Å². The molecule has 4 nitrogen and oxygen atoms in total. The number of anilines is 2. The highest BCUT2D eigenvalue weighted by atomic mass is 35.5. The molecule has 0 saturated carbocycles. The number of pyridine rings is 1. The number of hydrogen-bond acceptors (Lipinski definition) is 2. The average Bonchev–Trinajstić information content (AvgIpc) is 2.63. The number of aryl methyl sites for hydroxylation is 1. The van der Waals surface area contributed by atoms with E-state index in [9.17, 15) is 0 Å². The molecule has 0 bridgehead atoms. The van der Waals surface area contributed by atoms with E-state index in [1.54, 1.807) is 18.1 Å². The Morgan fingerprint density at radius 3 is 2.71 bits per heavy atom. The van der Waals surface area contributed by atoms with E-state index in [4.69, 9.17) is 17.0 Å². The molecular weight excluding hydrogens is 320 g/mol. The highest BCUT2D eigenvalue weighted by Gasteiger charge is 2.20. The molecule has 122 valence electrons. The molecule has 2 N–H and O–H groups in total. The fourth-order valence-electron chi connectivity index (χ4n) is 2.70. The maximum absolute atomic E-state index is 8.40. The minimum atomic E-state index is 0.239. The summed E-state index contributed by atoms with van der Waals surface area (Å²) in [5, 5.41) is 12.9. The van der Waals surface area contributed by atoms with E-state index in [1.165, 1.54) is 0 Å². The fourth-order valence-corrected chi connectivity index (χ4v) is 2.90. The molecule has 0 amide bonds. The molecule has 3 aromatic rings. The predicted molar refractivity (Wildman–Crippen MR) is 101 cm³/mol. The molecule has 0 fully saturated rings. The van der Waals surface area contributed by atoms with Gasteiger partial charge in [-0.25, -0.2) is 0 Å². The lowest BCUT2D eigenvalue weighted by atomic mass is 10.1. The second-order valence-electron chi connectivity index (χ2n) is 5.43. The van der Waals surface area contributed by atoms with Gasteiger partial charge in [-0.05, 0) is 36.2 Å². The van der Waals surface area contributed by atoms with Crippen LogP contribution in [-0.2, 0) is 6.42 Å². The van der Waals surface area contributed by atoms with Crippen LogP contribution in [0.3, 0.4) is 0 Å². The van der Waals surface area contributed by atoms with Gasteiger partial charge in [0.15, 0.2) is 5.96 Å². The summed E-state index contributed by atoms with van der Waals surface area (Å²) in [6.07, 6.45) is 2.66. The highest BCUT2D eigenvalue weighted by molar-refractivity contribution is 6.34. The minimum absolute atomic E-state index is 0.239. The summed E-state index contributed by atoms with van der Waals surface area (Å²) in [4.78, 5) is 6.31. The number of halogens is 1. The molecule has 3 rings (SSSR count). The van der Waals surface area contributed by atoms with Crippen molar-refractivity contribution in [1.82, 2.24) is 10.3 Å². The molecule has 2 aromatic carbocycles. The highest BCUT2D eigenvalue weighted by Crippen LogP contribution is 2.36. The van der Waals surface area contributed by atoms with Gasteiger partial charge in [-0.3, -0.25) is 15.3 Å². The van der Waals surface area contributed by atoms with Crippen molar-refractivity contribution < 1.29 is 0 Å². The van der Waals surface area contributed by atoms with Crippen LogP contribution in [0.5, 0.6) is 0 Å². The molecule has 0 saturated heterocycles. The molecule has 0 aliphatic heterocycles. The van der Waals surface area contributed by atoms with Crippen LogP contribution in [0.15, 0.2) is 54.7 Å². The largest absolute Gasteiger partial charge is 0.359 e. The van der Waals surface area contributed by atoms with Gasteiger partial charge in [0, 0.05) is 18.6 Å². The number of aromatic nitrogens is 1. The van der Waals surface area contributed by atoms with Crippen molar-refractivity contribution >= 4 is 39.8 Å². The molecular formula is C19H19ClN4. The Morgan fingerprint density at radius 2 is 1.96 bits per heavy atom. The normalized spacial score (nSPS) is 10.6. The first-order valence-electron chi connectivity index (χ1n) is 7.84. The van der Waals surface area contributed by atoms with Crippen molar-refractivity contribution in [2.24, 2.45) is 0 Å². The minimum Gasteiger partial charge on any atom is -0.359 e. The number of fused-ring (bicyclic) bond motifs is 1. The van der Waals surface area contributed by atoms with Crippen LogP contribution in [0, 0.1) is 5.41 Å². The van der Waals surface area contributed by atoms with Gasteiger partial charge in [0.05, 0.1) is 21.9 Å². The Labute approximate surface area is 146 Å². The number of nitrogens with zero attached hydrogens (tertiary/aromatic N) is 2. The Balaban J connectivity index is 2.26. The van der Waals surface area contributed by atoms with Crippen LogP contribution in [0.25, 0.3) is 10.9 Å². The van der Waals surface area contributed by atoms with Gasteiger partial charge in [0.25, 0.3) is 0 Å². The zero-order valence-electron chi connectivity index (χ0n) is 13.7. The van der Waals surface area contributed by atoms with Crippen molar-refractivity contribution in [1.29, 1.82) is 5.41 Å². The Kier molecular flexibility index (Phi) is 4.67. The van der Waals surface area contributed by atoms with Gasteiger partial charge in [0.1, 0.15) is 0 Å². The first-order valence-corrected chi connectivity index (χ1v) is 8.22.